The van der Waals surface area contributed by atoms with Crippen LogP contribution in [0.1, 0.15) is 26.3 Å². The maximum Gasteiger partial charge on any atom is 0.412 e. The molecule has 0 radical (unpaired) electrons. The van der Waals surface area contributed by atoms with E-state index >= 15 is 0 Å². The summed E-state index contributed by atoms with van der Waals surface area (Å²) in [7, 11) is 0. The van der Waals surface area contributed by atoms with Crippen LogP contribution in [0.2, 0.25) is 0 Å². The van der Waals surface area contributed by atoms with Crippen LogP contribution in [-0.2, 0) is 10.1 Å². The first-order valence-corrected chi connectivity index (χ1v) is 7.61. The van der Waals surface area contributed by atoms with Gasteiger partial charge in [0.25, 0.3) is 0 Å². The highest BCUT2D eigenvalue weighted by molar-refractivity contribution is 9.08. The Balaban J connectivity index is 2.16. The number of anilines is 1. The molecule has 0 aliphatic rings. The number of hydrogen-bond donors (Lipinski definition) is 1. The number of carbonyl (C=O) groups excluding carboxylic acids is 1. The molecule has 21 heavy (non-hydrogen) atoms. The Morgan fingerprint density at radius 1 is 1.33 bits per heavy atom. The van der Waals surface area contributed by atoms with Gasteiger partial charge in [0.05, 0.1) is 0 Å². The van der Waals surface area contributed by atoms with Crippen LogP contribution < -0.4 is 5.32 Å². The Hall–Kier alpha value is -1.82. The number of alkyl halides is 1. The van der Waals surface area contributed by atoms with E-state index < -0.39 is 11.7 Å². The van der Waals surface area contributed by atoms with Gasteiger partial charge in [0.2, 0.25) is 0 Å². The minimum atomic E-state index is -0.557. The predicted octanol–water partition coefficient (Wildman–Crippen LogP) is 4.58. The van der Waals surface area contributed by atoms with E-state index in [9.17, 15) is 4.79 Å². The zero-order chi connectivity index (χ0) is 15.5. The summed E-state index contributed by atoms with van der Waals surface area (Å²) in [6.45, 7) is 5.42. The van der Waals surface area contributed by atoms with Crippen molar-refractivity contribution < 1.29 is 14.1 Å². The first-order valence-electron chi connectivity index (χ1n) is 6.49. The van der Waals surface area contributed by atoms with Crippen LogP contribution in [0.3, 0.4) is 0 Å². The van der Waals surface area contributed by atoms with Crippen molar-refractivity contribution in [2.24, 2.45) is 0 Å². The fourth-order valence-corrected chi connectivity index (χ4v) is 2.07. The molecule has 1 N–H and O–H groups in total. The summed E-state index contributed by atoms with van der Waals surface area (Å²) >= 11 is 3.40. The fourth-order valence-electron chi connectivity index (χ4n) is 1.70. The van der Waals surface area contributed by atoms with Crippen molar-refractivity contribution >= 4 is 27.7 Å². The normalized spacial score (nSPS) is 11.2. The van der Waals surface area contributed by atoms with Gasteiger partial charge >= 0.3 is 6.09 Å². The summed E-state index contributed by atoms with van der Waals surface area (Å²) in [4.78, 5) is 11.8. The Kier molecular flexibility index (Phi) is 4.67. The van der Waals surface area contributed by atoms with Crippen molar-refractivity contribution in [3.63, 3.8) is 0 Å². The third-order valence-electron chi connectivity index (χ3n) is 2.59. The van der Waals surface area contributed by atoms with Crippen LogP contribution in [0, 0.1) is 0 Å². The zero-order valence-corrected chi connectivity index (χ0v) is 13.7. The number of hydrogen-bond acceptors (Lipinski definition) is 4. The lowest BCUT2D eigenvalue weighted by atomic mass is 10.1. The van der Waals surface area contributed by atoms with Crippen molar-refractivity contribution in [3.8, 4) is 11.3 Å². The summed E-state index contributed by atoms with van der Waals surface area (Å²) in [5.74, 6) is 0. The van der Waals surface area contributed by atoms with Crippen molar-refractivity contribution in [3.05, 3.63) is 36.1 Å². The number of nitrogens with zero attached hydrogens (tertiary/aromatic N) is 1. The third-order valence-corrected chi connectivity index (χ3v) is 3.23. The average molecular weight is 353 g/mol. The van der Waals surface area contributed by atoms with Gasteiger partial charge in [-0.3, -0.25) is 5.32 Å². The molecule has 2 rings (SSSR count). The summed E-state index contributed by atoms with van der Waals surface area (Å²) in [5.41, 5.74) is 2.51. The molecule has 1 aromatic carbocycles. The number of ether oxygens (including phenoxy) is 1. The molecular formula is C15H17BrN2O3. The van der Waals surface area contributed by atoms with Gasteiger partial charge in [0.15, 0.2) is 0 Å². The highest BCUT2D eigenvalue weighted by Crippen LogP contribution is 2.27. The monoisotopic (exact) mass is 352 g/mol. The van der Waals surface area contributed by atoms with E-state index in [1.807, 2.05) is 24.3 Å². The molecule has 1 heterocycles. The standard InChI is InChI=1S/C15H17BrN2O3/c1-15(2,3)21-14(19)17-12-9-20-18-13(12)11-6-4-10(8-16)5-7-11/h4-7,9H,8H2,1-3H3,(H,17,19). The smallest absolute Gasteiger partial charge is 0.412 e. The average Bonchev–Trinajstić information content (AvgIpc) is 2.84. The van der Waals surface area contributed by atoms with Gasteiger partial charge in [-0.1, -0.05) is 45.4 Å². The minimum Gasteiger partial charge on any atom is -0.444 e. The Morgan fingerprint density at radius 3 is 2.57 bits per heavy atom. The third kappa shape index (κ3) is 4.32. The lowest BCUT2D eigenvalue weighted by molar-refractivity contribution is 0.0636. The molecule has 0 unspecified atom stereocenters. The number of benzene rings is 1. The molecule has 0 bridgehead atoms. The number of amides is 1. The topological polar surface area (TPSA) is 64.4 Å². The summed E-state index contributed by atoms with van der Waals surface area (Å²) in [5, 5.41) is 7.37. The molecule has 0 aliphatic heterocycles. The molecule has 5 nitrogen and oxygen atoms in total. The fraction of sp³-hybridized carbons (Fsp3) is 0.333. The first-order chi connectivity index (χ1) is 9.89. The molecule has 0 spiro atoms. The summed E-state index contributed by atoms with van der Waals surface area (Å²) < 4.78 is 10.2. The second-order valence-corrected chi connectivity index (χ2v) is 6.10. The van der Waals surface area contributed by atoms with Crippen LogP contribution in [0.4, 0.5) is 10.5 Å². The molecule has 6 heteroatoms. The predicted molar refractivity (Wildman–Crippen MR) is 84.4 cm³/mol. The van der Waals surface area contributed by atoms with E-state index in [1.165, 1.54) is 6.26 Å². The van der Waals surface area contributed by atoms with Crippen molar-refractivity contribution in [1.29, 1.82) is 0 Å². The van der Waals surface area contributed by atoms with Crippen molar-refractivity contribution in [1.82, 2.24) is 5.16 Å². The van der Waals surface area contributed by atoms with E-state index in [4.69, 9.17) is 9.26 Å². The molecule has 2 aromatic rings. The van der Waals surface area contributed by atoms with Gasteiger partial charge in [-0.05, 0) is 26.3 Å². The number of carbonyl (C=O) groups is 1. The van der Waals surface area contributed by atoms with E-state index in [1.54, 1.807) is 20.8 Å². The molecule has 0 fully saturated rings. The number of halogens is 1. The van der Waals surface area contributed by atoms with Crippen LogP contribution in [0.15, 0.2) is 35.1 Å². The van der Waals surface area contributed by atoms with Crippen LogP contribution in [0.5, 0.6) is 0 Å². The van der Waals surface area contributed by atoms with Gasteiger partial charge < -0.3 is 9.26 Å². The van der Waals surface area contributed by atoms with Crippen LogP contribution in [0.25, 0.3) is 11.3 Å². The summed E-state index contributed by atoms with van der Waals surface area (Å²) in [6.07, 6.45) is 0.849. The van der Waals surface area contributed by atoms with E-state index in [0.29, 0.717) is 11.4 Å². The lowest BCUT2D eigenvalue weighted by Crippen LogP contribution is -2.27. The SMILES string of the molecule is CC(C)(C)OC(=O)Nc1conc1-c1ccc(CBr)cc1. The van der Waals surface area contributed by atoms with E-state index in [2.05, 4.69) is 26.4 Å². The number of aromatic nitrogens is 1. The van der Waals surface area contributed by atoms with Gasteiger partial charge in [-0.15, -0.1) is 0 Å². The van der Waals surface area contributed by atoms with Crippen LogP contribution in [-0.4, -0.2) is 16.9 Å². The quantitative estimate of drug-likeness (QED) is 0.820. The Labute approximate surface area is 131 Å². The molecule has 0 atom stereocenters. The largest absolute Gasteiger partial charge is 0.444 e. The first kappa shape index (κ1) is 15.6. The van der Waals surface area contributed by atoms with Gasteiger partial charge in [-0.25, -0.2) is 4.79 Å². The molecule has 0 saturated heterocycles. The maximum atomic E-state index is 11.8. The van der Waals surface area contributed by atoms with Gasteiger partial charge in [-0.2, -0.15) is 0 Å². The number of rotatable bonds is 3. The summed E-state index contributed by atoms with van der Waals surface area (Å²) in [6, 6.07) is 7.81. The highest BCUT2D eigenvalue weighted by atomic mass is 79.9. The van der Waals surface area contributed by atoms with Crippen molar-refractivity contribution in [2.45, 2.75) is 31.7 Å². The lowest BCUT2D eigenvalue weighted by Gasteiger charge is -2.19. The molecule has 112 valence electrons. The molecule has 1 aromatic heterocycles. The van der Waals surface area contributed by atoms with Gasteiger partial charge in [0, 0.05) is 10.9 Å². The Bertz CT molecular complexity index is 615. The van der Waals surface area contributed by atoms with Gasteiger partial charge in [0.1, 0.15) is 23.2 Å². The second kappa shape index (κ2) is 6.30. The number of nitrogens with one attached hydrogen (secondary N) is 1. The maximum absolute atomic E-state index is 11.8. The zero-order valence-electron chi connectivity index (χ0n) is 12.1. The molecule has 1 amide bonds. The van der Waals surface area contributed by atoms with E-state index in [0.717, 1.165) is 16.5 Å². The Morgan fingerprint density at radius 2 is 2.00 bits per heavy atom. The minimum absolute atomic E-state index is 0.482. The molecular weight excluding hydrogens is 336 g/mol. The van der Waals surface area contributed by atoms with E-state index in [-0.39, 0.29) is 0 Å². The second-order valence-electron chi connectivity index (χ2n) is 5.53. The van der Waals surface area contributed by atoms with Crippen LogP contribution >= 0.6 is 15.9 Å². The van der Waals surface area contributed by atoms with Crippen molar-refractivity contribution in [2.75, 3.05) is 5.32 Å². The highest BCUT2D eigenvalue weighted by Gasteiger charge is 2.19. The molecule has 0 saturated carbocycles. The molecule has 0 aliphatic carbocycles.